The molecule has 9 heteroatoms. The Hall–Kier alpha value is -3.43. The Kier molecular flexibility index (Phi) is 6.98. The van der Waals surface area contributed by atoms with Gasteiger partial charge in [-0.25, -0.2) is 4.68 Å². The molecule has 1 fully saturated rings. The lowest BCUT2D eigenvalue weighted by Crippen LogP contribution is -2.43. The van der Waals surface area contributed by atoms with E-state index in [1.54, 1.807) is 25.1 Å². The van der Waals surface area contributed by atoms with Gasteiger partial charge in [0.2, 0.25) is 0 Å². The molecule has 0 spiro atoms. The standard InChI is InChI=1S/C23H27N5O4/c1-30-21-9-8-17(14-22(21)31-2)20(27-10-12-32-13-11-27)15-24-23(29)19-16-28(26-25-19)18-6-4-3-5-7-18/h3-9,14,16,20H,10-13,15H2,1-2H3,(H,24,29). The van der Waals surface area contributed by atoms with Crippen LogP contribution in [0.2, 0.25) is 0 Å². The molecule has 0 aliphatic carbocycles. The minimum absolute atomic E-state index is 0.0492. The minimum atomic E-state index is -0.272. The number of ether oxygens (including phenoxy) is 3. The SMILES string of the molecule is COc1ccc(C(CNC(=O)c2cn(-c3ccccc3)nn2)N2CCOCC2)cc1OC. The van der Waals surface area contributed by atoms with Crippen LogP contribution in [0.4, 0.5) is 0 Å². The zero-order chi connectivity index (χ0) is 22.3. The van der Waals surface area contributed by atoms with E-state index in [4.69, 9.17) is 14.2 Å². The van der Waals surface area contributed by atoms with Gasteiger partial charge in [0.15, 0.2) is 17.2 Å². The summed E-state index contributed by atoms with van der Waals surface area (Å²) >= 11 is 0. The van der Waals surface area contributed by atoms with Gasteiger partial charge in [-0.05, 0) is 29.8 Å². The molecule has 2 heterocycles. The quantitative estimate of drug-likeness (QED) is 0.577. The largest absolute Gasteiger partial charge is 0.493 e. The van der Waals surface area contributed by atoms with Crippen molar-refractivity contribution in [3.8, 4) is 17.2 Å². The highest BCUT2D eigenvalue weighted by Gasteiger charge is 2.25. The summed E-state index contributed by atoms with van der Waals surface area (Å²) in [6, 6.07) is 15.3. The minimum Gasteiger partial charge on any atom is -0.493 e. The number of aromatic nitrogens is 3. The summed E-state index contributed by atoms with van der Waals surface area (Å²) in [7, 11) is 3.23. The average molecular weight is 438 g/mol. The Morgan fingerprint density at radius 1 is 1.09 bits per heavy atom. The summed E-state index contributed by atoms with van der Waals surface area (Å²) in [6.07, 6.45) is 1.63. The lowest BCUT2D eigenvalue weighted by Gasteiger charge is -2.35. The van der Waals surface area contributed by atoms with Crippen molar-refractivity contribution in [2.75, 3.05) is 47.1 Å². The van der Waals surface area contributed by atoms with Gasteiger partial charge in [0.25, 0.3) is 5.91 Å². The summed E-state index contributed by atoms with van der Waals surface area (Å²) in [4.78, 5) is 15.1. The highest BCUT2D eigenvalue weighted by Crippen LogP contribution is 2.32. The van der Waals surface area contributed by atoms with E-state index < -0.39 is 0 Å². The molecule has 32 heavy (non-hydrogen) atoms. The van der Waals surface area contributed by atoms with E-state index in [0.29, 0.717) is 31.3 Å². The predicted molar refractivity (Wildman–Crippen MR) is 118 cm³/mol. The number of amides is 1. The van der Waals surface area contributed by atoms with Crippen LogP contribution in [-0.4, -0.2) is 72.9 Å². The molecule has 1 unspecified atom stereocenters. The van der Waals surface area contributed by atoms with E-state index in [0.717, 1.165) is 24.3 Å². The number of methoxy groups -OCH3 is 2. The summed E-state index contributed by atoms with van der Waals surface area (Å²) in [6.45, 7) is 3.27. The molecule has 1 N–H and O–H groups in total. The number of carbonyl (C=O) groups is 1. The first-order valence-corrected chi connectivity index (χ1v) is 10.5. The van der Waals surface area contributed by atoms with Crippen LogP contribution in [0.1, 0.15) is 22.1 Å². The molecular weight excluding hydrogens is 410 g/mol. The first kappa shape index (κ1) is 21.8. The number of morpholine rings is 1. The van der Waals surface area contributed by atoms with Crippen molar-refractivity contribution in [3.05, 3.63) is 66.0 Å². The van der Waals surface area contributed by atoms with Crippen LogP contribution in [0.25, 0.3) is 5.69 Å². The van der Waals surface area contributed by atoms with Gasteiger partial charge in [0, 0.05) is 19.6 Å². The van der Waals surface area contributed by atoms with Gasteiger partial charge in [-0.15, -0.1) is 5.10 Å². The molecule has 4 rings (SSSR count). The van der Waals surface area contributed by atoms with Gasteiger partial charge >= 0.3 is 0 Å². The van der Waals surface area contributed by atoms with Gasteiger partial charge in [-0.3, -0.25) is 9.69 Å². The highest BCUT2D eigenvalue weighted by atomic mass is 16.5. The maximum Gasteiger partial charge on any atom is 0.273 e. The number of hydrogen-bond donors (Lipinski definition) is 1. The molecule has 1 aromatic heterocycles. The monoisotopic (exact) mass is 437 g/mol. The number of nitrogens with zero attached hydrogens (tertiary/aromatic N) is 4. The van der Waals surface area contributed by atoms with E-state index >= 15 is 0 Å². The molecule has 1 amide bonds. The van der Waals surface area contributed by atoms with Gasteiger partial charge in [-0.1, -0.05) is 29.5 Å². The van der Waals surface area contributed by atoms with Crippen LogP contribution in [-0.2, 0) is 4.74 Å². The van der Waals surface area contributed by atoms with Crippen molar-refractivity contribution in [1.82, 2.24) is 25.2 Å². The molecule has 1 aliphatic rings. The van der Waals surface area contributed by atoms with Crippen LogP contribution in [0.3, 0.4) is 0 Å². The average Bonchev–Trinajstić information content (AvgIpc) is 3.36. The molecule has 1 saturated heterocycles. The summed E-state index contributed by atoms with van der Waals surface area (Å²) < 4.78 is 17.9. The fourth-order valence-corrected chi connectivity index (χ4v) is 3.76. The van der Waals surface area contributed by atoms with Crippen LogP contribution in [0.5, 0.6) is 11.5 Å². The summed E-state index contributed by atoms with van der Waals surface area (Å²) in [5, 5.41) is 11.1. The molecule has 1 atom stereocenters. The lowest BCUT2D eigenvalue weighted by molar-refractivity contribution is 0.0161. The molecule has 168 valence electrons. The summed E-state index contributed by atoms with van der Waals surface area (Å²) in [5.41, 5.74) is 2.13. The van der Waals surface area contributed by atoms with E-state index in [9.17, 15) is 4.79 Å². The zero-order valence-electron chi connectivity index (χ0n) is 18.2. The van der Waals surface area contributed by atoms with Crippen molar-refractivity contribution < 1.29 is 19.0 Å². The number of nitrogens with one attached hydrogen (secondary N) is 1. The van der Waals surface area contributed by atoms with Crippen LogP contribution < -0.4 is 14.8 Å². The van der Waals surface area contributed by atoms with E-state index in [1.165, 1.54) is 0 Å². The molecule has 9 nitrogen and oxygen atoms in total. The normalized spacial score (nSPS) is 15.2. The van der Waals surface area contributed by atoms with Crippen molar-refractivity contribution in [2.45, 2.75) is 6.04 Å². The first-order chi connectivity index (χ1) is 15.7. The van der Waals surface area contributed by atoms with Crippen molar-refractivity contribution in [2.24, 2.45) is 0 Å². The smallest absolute Gasteiger partial charge is 0.273 e. The highest BCUT2D eigenvalue weighted by molar-refractivity contribution is 5.91. The van der Waals surface area contributed by atoms with Crippen LogP contribution in [0.15, 0.2) is 54.7 Å². The second-order valence-corrected chi connectivity index (χ2v) is 7.37. The second-order valence-electron chi connectivity index (χ2n) is 7.37. The van der Waals surface area contributed by atoms with Gasteiger partial charge in [0.05, 0.1) is 45.4 Å². The van der Waals surface area contributed by atoms with Crippen LogP contribution >= 0.6 is 0 Å². The van der Waals surface area contributed by atoms with Gasteiger partial charge in [-0.2, -0.15) is 0 Å². The maximum atomic E-state index is 12.8. The number of rotatable bonds is 8. The van der Waals surface area contributed by atoms with Crippen LogP contribution in [0, 0.1) is 0 Å². The molecule has 0 radical (unpaired) electrons. The number of carbonyl (C=O) groups excluding carboxylic acids is 1. The first-order valence-electron chi connectivity index (χ1n) is 10.5. The molecule has 1 aliphatic heterocycles. The Labute approximate surface area is 186 Å². The Balaban J connectivity index is 1.50. The Bertz CT molecular complexity index is 1030. The zero-order valence-corrected chi connectivity index (χ0v) is 18.2. The second kappa shape index (κ2) is 10.3. The number of hydrogen-bond acceptors (Lipinski definition) is 7. The Morgan fingerprint density at radius 2 is 1.84 bits per heavy atom. The summed E-state index contributed by atoms with van der Waals surface area (Å²) in [5.74, 6) is 1.05. The van der Waals surface area contributed by atoms with Crippen molar-refractivity contribution in [1.29, 1.82) is 0 Å². The molecule has 2 aromatic carbocycles. The fraction of sp³-hybridized carbons (Fsp3) is 0.348. The fourth-order valence-electron chi connectivity index (χ4n) is 3.76. The van der Waals surface area contributed by atoms with E-state index in [-0.39, 0.29) is 17.6 Å². The maximum absolute atomic E-state index is 12.8. The van der Waals surface area contributed by atoms with E-state index in [2.05, 4.69) is 20.5 Å². The lowest BCUT2D eigenvalue weighted by atomic mass is 10.0. The third kappa shape index (κ3) is 4.90. The number of para-hydroxylation sites is 1. The molecule has 3 aromatic rings. The Morgan fingerprint density at radius 3 is 2.56 bits per heavy atom. The van der Waals surface area contributed by atoms with Gasteiger partial charge in [0.1, 0.15) is 0 Å². The number of benzene rings is 2. The third-order valence-corrected chi connectivity index (χ3v) is 5.48. The third-order valence-electron chi connectivity index (χ3n) is 5.48. The van der Waals surface area contributed by atoms with E-state index in [1.807, 2.05) is 48.5 Å². The van der Waals surface area contributed by atoms with Crippen molar-refractivity contribution >= 4 is 5.91 Å². The molecule has 0 saturated carbocycles. The van der Waals surface area contributed by atoms with Crippen molar-refractivity contribution in [3.63, 3.8) is 0 Å². The predicted octanol–water partition coefficient (Wildman–Crippen LogP) is 2.09. The molecule has 0 bridgehead atoms. The molecular formula is C23H27N5O4. The van der Waals surface area contributed by atoms with Gasteiger partial charge < -0.3 is 19.5 Å². The topological polar surface area (TPSA) is 90.7 Å².